The van der Waals surface area contributed by atoms with Crippen molar-refractivity contribution in [1.82, 2.24) is 5.32 Å². The third-order valence-corrected chi connectivity index (χ3v) is 4.37. The summed E-state index contributed by atoms with van der Waals surface area (Å²) in [5, 5.41) is 12.0. The lowest BCUT2D eigenvalue weighted by Gasteiger charge is -2.23. The van der Waals surface area contributed by atoms with E-state index in [1.54, 1.807) is 25.1 Å². The third-order valence-electron chi connectivity index (χ3n) is 2.54. The highest BCUT2D eigenvalue weighted by atomic mass is 35.5. The van der Waals surface area contributed by atoms with Crippen molar-refractivity contribution in [2.24, 2.45) is 0 Å². The van der Waals surface area contributed by atoms with Gasteiger partial charge in [0.25, 0.3) is 0 Å². The van der Waals surface area contributed by atoms with Crippen LogP contribution in [0, 0.1) is 0 Å². The first-order chi connectivity index (χ1) is 9.13. The summed E-state index contributed by atoms with van der Waals surface area (Å²) < 4.78 is 0. The van der Waals surface area contributed by atoms with E-state index in [1.807, 2.05) is 0 Å². The molecule has 1 atom stereocenters. The van der Waals surface area contributed by atoms with Crippen LogP contribution in [0.5, 0.6) is 0 Å². The predicted octanol–water partition coefficient (Wildman–Crippen LogP) is 3.45. The number of nitrogens with one attached hydrogen (secondary N) is 1. The summed E-state index contributed by atoms with van der Waals surface area (Å²) in [6.07, 6.45) is 0. The van der Waals surface area contributed by atoms with Gasteiger partial charge >= 0.3 is 5.97 Å². The molecule has 0 saturated carbocycles. The van der Waals surface area contributed by atoms with Crippen LogP contribution < -0.4 is 5.32 Å². The van der Waals surface area contributed by atoms with E-state index in [9.17, 15) is 9.59 Å². The van der Waals surface area contributed by atoms with Crippen LogP contribution in [0.15, 0.2) is 23.1 Å². The van der Waals surface area contributed by atoms with Gasteiger partial charge in [0.1, 0.15) is 5.54 Å². The van der Waals surface area contributed by atoms with Gasteiger partial charge in [-0.1, -0.05) is 23.2 Å². The Hall–Kier alpha value is -0.910. The van der Waals surface area contributed by atoms with Crippen molar-refractivity contribution in [3.8, 4) is 0 Å². The predicted molar refractivity (Wildman–Crippen MR) is 81.6 cm³/mol. The van der Waals surface area contributed by atoms with E-state index in [1.165, 1.54) is 25.6 Å². The molecule has 1 amide bonds. The van der Waals surface area contributed by atoms with Crippen LogP contribution in [0.25, 0.3) is 0 Å². The molecule has 0 aliphatic carbocycles. The average molecular weight is 336 g/mol. The Bertz CT molecular complexity index is 534. The molecule has 0 bridgehead atoms. The van der Waals surface area contributed by atoms with E-state index in [-0.39, 0.29) is 5.91 Å². The van der Waals surface area contributed by atoms with E-state index in [4.69, 9.17) is 28.3 Å². The number of halogens is 2. The van der Waals surface area contributed by atoms with E-state index < -0.39 is 16.8 Å². The standard InChI is InChI=1S/C13H15Cl2NO3S/c1-7(11(17)16-13(2,3)12(18)19)20-10-6-8(14)4-5-9(10)15/h4-7H,1-3H3,(H,16,17)(H,18,19). The van der Waals surface area contributed by atoms with Crippen molar-refractivity contribution in [1.29, 1.82) is 0 Å². The first-order valence-electron chi connectivity index (χ1n) is 5.80. The summed E-state index contributed by atoms with van der Waals surface area (Å²) in [6, 6.07) is 4.98. The van der Waals surface area contributed by atoms with Crippen molar-refractivity contribution >= 4 is 46.8 Å². The first kappa shape index (κ1) is 17.1. The second kappa shape index (κ2) is 6.70. The van der Waals surface area contributed by atoms with Crippen LogP contribution in [-0.2, 0) is 9.59 Å². The fourth-order valence-electron chi connectivity index (χ4n) is 1.27. The molecule has 0 aliphatic rings. The molecule has 1 rings (SSSR count). The minimum atomic E-state index is -1.32. The van der Waals surface area contributed by atoms with Crippen LogP contribution in [-0.4, -0.2) is 27.8 Å². The summed E-state index contributed by atoms with van der Waals surface area (Å²) in [7, 11) is 0. The molecule has 0 aromatic heterocycles. The fraction of sp³-hybridized carbons (Fsp3) is 0.385. The molecule has 2 N–H and O–H groups in total. The Labute approximate surface area is 131 Å². The summed E-state index contributed by atoms with van der Waals surface area (Å²) >= 11 is 13.1. The summed E-state index contributed by atoms with van der Waals surface area (Å²) in [5.41, 5.74) is -1.32. The molecule has 0 heterocycles. The molecule has 1 unspecified atom stereocenters. The molecule has 0 saturated heterocycles. The molecule has 7 heteroatoms. The van der Waals surface area contributed by atoms with Gasteiger partial charge in [0.2, 0.25) is 5.91 Å². The first-order valence-corrected chi connectivity index (χ1v) is 7.44. The molecule has 20 heavy (non-hydrogen) atoms. The number of amides is 1. The number of aliphatic carboxylic acids is 1. The van der Waals surface area contributed by atoms with E-state index in [2.05, 4.69) is 5.32 Å². The Kier molecular flexibility index (Phi) is 5.74. The maximum absolute atomic E-state index is 12.0. The molecular weight excluding hydrogens is 321 g/mol. The lowest BCUT2D eigenvalue weighted by Crippen LogP contribution is -2.51. The molecule has 0 aliphatic heterocycles. The quantitative estimate of drug-likeness (QED) is 0.808. The Morgan fingerprint density at radius 3 is 2.50 bits per heavy atom. The molecule has 0 radical (unpaired) electrons. The van der Waals surface area contributed by atoms with Crippen LogP contribution in [0.4, 0.5) is 0 Å². The molecule has 4 nitrogen and oxygen atoms in total. The largest absolute Gasteiger partial charge is 0.480 e. The fourth-order valence-corrected chi connectivity index (χ4v) is 2.69. The normalized spacial score (nSPS) is 12.8. The highest BCUT2D eigenvalue weighted by Crippen LogP contribution is 2.32. The van der Waals surface area contributed by atoms with Gasteiger partial charge in [-0.05, 0) is 39.0 Å². The Balaban J connectivity index is 2.76. The van der Waals surface area contributed by atoms with Gasteiger partial charge < -0.3 is 10.4 Å². The van der Waals surface area contributed by atoms with Crippen LogP contribution >= 0.6 is 35.0 Å². The second-order valence-corrected chi connectivity index (χ2v) is 6.98. The van der Waals surface area contributed by atoms with Gasteiger partial charge in [-0.25, -0.2) is 4.79 Å². The Morgan fingerprint density at radius 1 is 1.35 bits per heavy atom. The molecule has 0 spiro atoms. The number of hydrogen-bond donors (Lipinski definition) is 2. The smallest absolute Gasteiger partial charge is 0.328 e. The van der Waals surface area contributed by atoms with Crippen LogP contribution in [0.2, 0.25) is 10.0 Å². The average Bonchev–Trinajstić information content (AvgIpc) is 2.33. The number of carbonyl (C=O) groups is 2. The van der Waals surface area contributed by atoms with Gasteiger partial charge in [-0.3, -0.25) is 4.79 Å². The van der Waals surface area contributed by atoms with E-state index >= 15 is 0 Å². The van der Waals surface area contributed by atoms with Gasteiger partial charge in [0.05, 0.1) is 10.3 Å². The molecule has 1 aromatic carbocycles. The summed E-state index contributed by atoms with van der Waals surface area (Å²) in [4.78, 5) is 23.6. The minimum absolute atomic E-state index is 0.376. The highest BCUT2D eigenvalue weighted by molar-refractivity contribution is 8.00. The topological polar surface area (TPSA) is 66.4 Å². The number of carboxylic acid groups (broad SMARTS) is 1. The lowest BCUT2D eigenvalue weighted by molar-refractivity contribution is -0.145. The molecule has 0 fully saturated rings. The summed E-state index contributed by atoms with van der Waals surface area (Å²) in [5.74, 6) is -1.47. The Morgan fingerprint density at radius 2 is 1.95 bits per heavy atom. The van der Waals surface area contributed by atoms with E-state index in [0.717, 1.165) is 0 Å². The number of hydrogen-bond acceptors (Lipinski definition) is 3. The second-order valence-electron chi connectivity index (χ2n) is 4.75. The minimum Gasteiger partial charge on any atom is -0.480 e. The highest BCUT2D eigenvalue weighted by Gasteiger charge is 2.31. The van der Waals surface area contributed by atoms with Crippen molar-refractivity contribution < 1.29 is 14.7 Å². The number of thioether (sulfide) groups is 1. The van der Waals surface area contributed by atoms with Crippen molar-refractivity contribution in [2.45, 2.75) is 36.5 Å². The lowest BCUT2D eigenvalue weighted by atomic mass is 10.1. The van der Waals surface area contributed by atoms with Crippen molar-refractivity contribution in [3.63, 3.8) is 0 Å². The van der Waals surface area contributed by atoms with Crippen molar-refractivity contribution in [3.05, 3.63) is 28.2 Å². The number of carbonyl (C=O) groups excluding carboxylic acids is 1. The van der Waals surface area contributed by atoms with Gasteiger partial charge in [-0.2, -0.15) is 0 Å². The van der Waals surface area contributed by atoms with Crippen molar-refractivity contribution in [2.75, 3.05) is 0 Å². The van der Waals surface area contributed by atoms with Gasteiger partial charge in [0.15, 0.2) is 0 Å². The maximum Gasteiger partial charge on any atom is 0.328 e. The number of rotatable bonds is 5. The number of benzene rings is 1. The summed E-state index contributed by atoms with van der Waals surface area (Å²) in [6.45, 7) is 4.53. The third kappa shape index (κ3) is 4.58. The van der Waals surface area contributed by atoms with E-state index in [0.29, 0.717) is 14.9 Å². The van der Waals surface area contributed by atoms with Gasteiger partial charge in [0, 0.05) is 9.92 Å². The SMILES string of the molecule is CC(Sc1cc(Cl)ccc1Cl)C(=O)NC(C)(C)C(=O)O. The van der Waals surface area contributed by atoms with Crippen LogP contribution in [0.3, 0.4) is 0 Å². The van der Waals surface area contributed by atoms with Crippen LogP contribution in [0.1, 0.15) is 20.8 Å². The molecular formula is C13H15Cl2NO3S. The zero-order valence-corrected chi connectivity index (χ0v) is 13.6. The molecule has 1 aromatic rings. The monoisotopic (exact) mass is 335 g/mol. The zero-order valence-electron chi connectivity index (χ0n) is 11.2. The van der Waals surface area contributed by atoms with Gasteiger partial charge in [-0.15, -0.1) is 11.8 Å². The maximum atomic E-state index is 12.0. The zero-order chi connectivity index (χ0) is 15.5. The number of carboxylic acids is 1. The molecule has 110 valence electrons.